The van der Waals surface area contributed by atoms with Crippen molar-refractivity contribution in [2.24, 2.45) is 0 Å². The van der Waals surface area contributed by atoms with E-state index in [9.17, 15) is 9.59 Å². The molecule has 0 fully saturated rings. The van der Waals surface area contributed by atoms with Gasteiger partial charge in [0.2, 0.25) is 0 Å². The maximum absolute atomic E-state index is 12.1. The normalized spacial score (nSPS) is 12.1. The second kappa shape index (κ2) is 7.99. The number of carbonyl (C=O) groups is 2. The van der Waals surface area contributed by atoms with E-state index in [0.29, 0.717) is 26.9 Å². The van der Waals surface area contributed by atoms with Crippen molar-refractivity contribution in [2.75, 3.05) is 0 Å². The molecule has 1 unspecified atom stereocenters. The van der Waals surface area contributed by atoms with Crippen LogP contribution in [-0.4, -0.2) is 23.0 Å². The first-order valence-corrected chi connectivity index (χ1v) is 7.79. The summed E-state index contributed by atoms with van der Waals surface area (Å²) in [5.74, 6) is -0.886. The van der Waals surface area contributed by atoms with E-state index in [1.54, 1.807) is 48.5 Å². The zero-order valence-corrected chi connectivity index (χ0v) is 14.2. The molecule has 0 spiro atoms. The molecule has 0 aromatic heterocycles. The number of hydrogen-bond acceptors (Lipinski definition) is 3. The molecule has 0 radical (unpaired) electrons. The Morgan fingerprint density at radius 3 is 2.38 bits per heavy atom. The SMILES string of the molecule is CC(Oc1ccc(C(=O)C=Cc2ccc(Cl)cc2Cl)cc1)C(=O)O. The molecule has 0 aliphatic heterocycles. The summed E-state index contributed by atoms with van der Waals surface area (Å²) in [6.07, 6.45) is 2.06. The number of halogens is 2. The van der Waals surface area contributed by atoms with Gasteiger partial charge in [0, 0.05) is 15.6 Å². The van der Waals surface area contributed by atoms with Gasteiger partial charge in [0.15, 0.2) is 11.9 Å². The van der Waals surface area contributed by atoms with Crippen molar-refractivity contribution in [3.05, 3.63) is 69.7 Å². The fourth-order valence-corrected chi connectivity index (χ4v) is 2.32. The zero-order valence-electron chi connectivity index (χ0n) is 12.7. The van der Waals surface area contributed by atoms with E-state index in [1.807, 2.05) is 0 Å². The van der Waals surface area contributed by atoms with Crippen LogP contribution in [0.3, 0.4) is 0 Å². The van der Waals surface area contributed by atoms with Gasteiger partial charge < -0.3 is 9.84 Å². The highest BCUT2D eigenvalue weighted by molar-refractivity contribution is 6.35. The average molecular weight is 365 g/mol. The number of carbonyl (C=O) groups excluding carboxylic acids is 1. The van der Waals surface area contributed by atoms with E-state index < -0.39 is 12.1 Å². The fourth-order valence-electron chi connectivity index (χ4n) is 1.85. The van der Waals surface area contributed by atoms with Gasteiger partial charge in [-0.25, -0.2) is 4.79 Å². The molecule has 2 aromatic rings. The molecule has 0 saturated carbocycles. The minimum Gasteiger partial charge on any atom is -0.479 e. The molecule has 2 rings (SSSR count). The molecule has 2 aromatic carbocycles. The van der Waals surface area contributed by atoms with Crippen molar-refractivity contribution >= 4 is 41.0 Å². The molecule has 0 saturated heterocycles. The Bertz CT molecular complexity index is 782. The van der Waals surface area contributed by atoms with Crippen molar-refractivity contribution in [3.63, 3.8) is 0 Å². The molecule has 0 aliphatic rings. The molecule has 1 N–H and O–H groups in total. The van der Waals surface area contributed by atoms with Crippen LogP contribution in [0.25, 0.3) is 6.08 Å². The van der Waals surface area contributed by atoms with E-state index in [2.05, 4.69) is 0 Å². The summed E-state index contributed by atoms with van der Waals surface area (Å²) < 4.78 is 5.21. The van der Waals surface area contributed by atoms with Crippen LogP contribution in [0.5, 0.6) is 5.75 Å². The monoisotopic (exact) mass is 364 g/mol. The average Bonchev–Trinajstić information content (AvgIpc) is 2.54. The lowest BCUT2D eigenvalue weighted by Gasteiger charge is -2.10. The van der Waals surface area contributed by atoms with Gasteiger partial charge in [-0.2, -0.15) is 0 Å². The first-order chi connectivity index (χ1) is 11.4. The summed E-state index contributed by atoms with van der Waals surface area (Å²) in [5.41, 5.74) is 1.14. The Labute approximate surface area is 149 Å². The van der Waals surface area contributed by atoms with Gasteiger partial charge >= 0.3 is 5.97 Å². The number of ether oxygens (including phenoxy) is 1. The maximum Gasteiger partial charge on any atom is 0.344 e. The van der Waals surface area contributed by atoms with Gasteiger partial charge in [0.05, 0.1) is 0 Å². The number of rotatable bonds is 6. The van der Waals surface area contributed by atoms with E-state index in [0.717, 1.165) is 0 Å². The Hall–Kier alpha value is -2.30. The number of carboxylic acid groups (broad SMARTS) is 1. The van der Waals surface area contributed by atoms with Crippen molar-refractivity contribution in [3.8, 4) is 5.75 Å². The van der Waals surface area contributed by atoms with Crippen LogP contribution in [0.2, 0.25) is 10.0 Å². The van der Waals surface area contributed by atoms with Gasteiger partial charge in [-0.15, -0.1) is 0 Å². The topological polar surface area (TPSA) is 63.6 Å². The highest BCUT2D eigenvalue weighted by Crippen LogP contribution is 2.22. The molecular weight excluding hydrogens is 351 g/mol. The van der Waals surface area contributed by atoms with E-state index >= 15 is 0 Å². The standard InChI is InChI=1S/C18H14Cl2O4/c1-11(18(22)23)24-15-7-3-13(4-8-15)17(21)9-5-12-2-6-14(19)10-16(12)20/h2-11H,1H3,(H,22,23). The van der Waals surface area contributed by atoms with Crippen LogP contribution in [-0.2, 0) is 4.79 Å². The number of allylic oxidation sites excluding steroid dienone is 1. The second-order valence-corrected chi connectivity index (χ2v) is 5.83. The van der Waals surface area contributed by atoms with Gasteiger partial charge in [0.25, 0.3) is 0 Å². The highest BCUT2D eigenvalue weighted by Gasteiger charge is 2.12. The number of ketones is 1. The van der Waals surface area contributed by atoms with E-state index in [-0.39, 0.29) is 5.78 Å². The molecule has 0 aliphatic carbocycles. The third-order valence-corrected chi connectivity index (χ3v) is 3.74. The van der Waals surface area contributed by atoms with Crippen LogP contribution >= 0.6 is 23.2 Å². The van der Waals surface area contributed by atoms with Gasteiger partial charge in [-0.05, 0) is 61.0 Å². The molecule has 6 heteroatoms. The molecular formula is C18H14Cl2O4. The van der Waals surface area contributed by atoms with Gasteiger partial charge in [-0.1, -0.05) is 29.3 Å². The Morgan fingerprint density at radius 2 is 1.79 bits per heavy atom. The van der Waals surface area contributed by atoms with Gasteiger partial charge in [-0.3, -0.25) is 4.79 Å². The first kappa shape index (κ1) is 18.0. The number of benzene rings is 2. The molecule has 0 bridgehead atoms. The van der Waals surface area contributed by atoms with E-state index in [4.69, 9.17) is 33.0 Å². The number of aliphatic carboxylic acids is 1. The number of carboxylic acids is 1. The van der Waals surface area contributed by atoms with Crippen LogP contribution in [0.4, 0.5) is 0 Å². The summed E-state index contributed by atoms with van der Waals surface area (Å²) in [7, 11) is 0. The molecule has 4 nitrogen and oxygen atoms in total. The Balaban J connectivity index is 2.07. The van der Waals surface area contributed by atoms with Crippen molar-refractivity contribution in [1.29, 1.82) is 0 Å². The summed E-state index contributed by atoms with van der Waals surface area (Å²) in [5, 5.41) is 9.78. The van der Waals surface area contributed by atoms with Crippen LogP contribution in [0, 0.1) is 0 Å². The molecule has 1 atom stereocenters. The summed E-state index contributed by atoms with van der Waals surface area (Å²) in [6, 6.07) is 11.3. The zero-order chi connectivity index (χ0) is 17.7. The quantitative estimate of drug-likeness (QED) is 0.593. The lowest BCUT2D eigenvalue weighted by molar-refractivity contribution is -0.144. The third kappa shape index (κ3) is 4.85. The maximum atomic E-state index is 12.1. The van der Waals surface area contributed by atoms with Crippen LogP contribution in [0.15, 0.2) is 48.5 Å². The minimum atomic E-state index is -1.06. The van der Waals surface area contributed by atoms with Crippen molar-refractivity contribution in [1.82, 2.24) is 0 Å². The van der Waals surface area contributed by atoms with Crippen molar-refractivity contribution in [2.45, 2.75) is 13.0 Å². The lowest BCUT2D eigenvalue weighted by Crippen LogP contribution is -2.22. The Kier molecular flexibility index (Phi) is 6.01. The van der Waals surface area contributed by atoms with E-state index in [1.165, 1.54) is 13.0 Å². The summed E-state index contributed by atoms with van der Waals surface area (Å²) in [6.45, 7) is 1.43. The first-order valence-electron chi connectivity index (χ1n) is 7.04. The van der Waals surface area contributed by atoms with Crippen molar-refractivity contribution < 1.29 is 19.4 Å². The smallest absolute Gasteiger partial charge is 0.344 e. The third-order valence-electron chi connectivity index (χ3n) is 3.18. The Morgan fingerprint density at radius 1 is 1.12 bits per heavy atom. The predicted molar refractivity (Wildman–Crippen MR) is 94.0 cm³/mol. The minimum absolute atomic E-state index is 0.209. The van der Waals surface area contributed by atoms with Crippen LogP contribution in [0.1, 0.15) is 22.8 Å². The molecule has 0 heterocycles. The lowest BCUT2D eigenvalue weighted by atomic mass is 10.1. The summed E-state index contributed by atoms with van der Waals surface area (Å²) >= 11 is 11.9. The molecule has 124 valence electrons. The number of hydrogen-bond donors (Lipinski definition) is 1. The molecule has 0 amide bonds. The highest BCUT2D eigenvalue weighted by atomic mass is 35.5. The van der Waals surface area contributed by atoms with Crippen LogP contribution < -0.4 is 4.74 Å². The largest absolute Gasteiger partial charge is 0.479 e. The van der Waals surface area contributed by atoms with Gasteiger partial charge in [0.1, 0.15) is 5.75 Å². The predicted octanol–water partition coefficient (Wildman–Crippen LogP) is 4.74. The summed E-state index contributed by atoms with van der Waals surface area (Å²) in [4.78, 5) is 22.9. The molecule has 24 heavy (non-hydrogen) atoms. The fraction of sp³-hybridized carbons (Fsp3) is 0.111. The second-order valence-electron chi connectivity index (χ2n) is 4.99.